The molecule has 0 bridgehead atoms. The Kier molecular flexibility index (Phi) is 8.14. The van der Waals surface area contributed by atoms with Crippen molar-refractivity contribution < 1.29 is 4.39 Å². The van der Waals surface area contributed by atoms with Gasteiger partial charge in [-0.2, -0.15) is 0 Å². The standard InChI is InChI=1S/C13H15F.C2H6/c1-11(2)5-3-4-6-12-7-9-13(14)10-8-12;1-2/h3-11H,1-2H3;1-2H3/b5-3-,6-4+;. The third kappa shape index (κ3) is 6.99. The Morgan fingerprint density at radius 1 is 1.00 bits per heavy atom. The van der Waals surface area contributed by atoms with Gasteiger partial charge in [0.25, 0.3) is 0 Å². The van der Waals surface area contributed by atoms with Gasteiger partial charge in [-0.05, 0) is 23.6 Å². The van der Waals surface area contributed by atoms with Gasteiger partial charge < -0.3 is 0 Å². The smallest absolute Gasteiger partial charge is 0.123 e. The van der Waals surface area contributed by atoms with E-state index in [1.54, 1.807) is 12.1 Å². The molecule has 0 heterocycles. The molecule has 0 saturated carbocycles. The first kappa shape index (κ1) is 14.6. The normalized spacial score (nSPS) is 10.9. The molecule has 88 valence electrons. The van der Waals surface area contributed by atoms with Crippen LogP contribution in [-0.2, 0) is 0 Å². The highest BCUT2D eigenvalue weighted by molar-refractivity contribution is 5.50. The van der Waals surface area contributed by atoms with Gasteiger partial charge in [0.05, 0.1) is 0 Å². The molecule has 0 fully saturated rings. The van der Waals surface area contributed by atoms with Gasteiger partial charge in [0.15, 0.2) is 0 Å². The maximum atomic E-state index is 12.5. The summed E-state index contributed by atoms with van der Waals surface area (Å²) in [5, 5.41) is 0. The van der Waals surface area contributed by atoms with Crippen LogP contribution >= 0.6 is 0 Å². The zero-order chi connectivity index (χ0) is 12.4. The fraction of sp³-hybridized carbons (Fsp3) is 0.333. The second-order valence-corrected chi connectivity index (χ2v) is 3.54. The molecule has 0 nitrogen and oxygen atoms in total. The van der Waals surface area contributed by atoms with E-state index in [2.05, 4.69) is 19.9 Å². The van der Waals surface area contributed by atoms with E-state index in [0.29, 0.717) is 5.92 Å². The van der Waals surface area contributed by atoms with E-state index in [1.165, 1.54) is 12.1 Å². The van der Waals surface area contributed by atoms with Crippen molar-refractivity contribution in [1.82, 2.24) is 0 Å². The highest BCUT2D eigenvalue weighted by Crippen LogP contribution is 2.04. The molecule has 0 atom stereocenters. The predicted molar refractivity (Wildman–Crippen MR) is 70.8 cm³/mol. The molecule has 0 aliphatic heterocycles. The predicted octanol–water partition coefficient (Wildman–Crippen LogP) is 5.08. The van der Waals surface area contributed by atoms with Crippen molar-refractivity contribution in [1.29, 1.82) is 0 Å². The summed E-state index contributed by atoms with van der Waals surface area (Å²) in [5.41, 5.74) is 1.01. The Balaban J connectivity index is 0.00000106. The zero-order valence-electron chi connectivity index (χ0n) is 10.6. The van der Waals surface area contributed by atoms with Crippen molar-refractivity contribution in [2.75, 3.05) is 0 Å². The van der Waals surface area contributed by atoms with Crippen molar-refractivity contribution in [3.05, 3.63) is 53.9 Å². The second-order valence-electron chi connectivity index (χ2n) is 3.54. The molecule has 1 aromatic carbocycles. The Hall–Kier alpha value is -1.37. The molecule has 0 aromatic heterocycles. The highest BCUT2D eigenvalue weighted by Gasteiger charge is 1.87. The number of allylic oxidation sites excluding steroid dienone is 3. The average molecular weight is 220 g/mol. The zero-order valence-corrected chi connectivity index (χ0v) is 10.6. The van der Waals surface area contributed by atoms with Crippen LogP contribution in [0.5, 0.6) is 0 Å². The highest BCUT2D eigenvalue weighted by atomic mass is 19.1. The third-order valence-electron chi connectivity index (χ3n) is 1.77. The van der Waals surface area contributed by atoms with Gasteiger partial charge in [-0.15, -0.1) is 0 Å². The Bertz CT molecular complexity index is 318. The van der Waals surface area contributed by atoms with Crippen LogP contribution in [0.25, 0.3) is 6.08 Å². The SMILES string of the molecule is CC.CC(C)/C=C\C=C\c1ccc(F)cc1. The molecule has 0 saturated heterocycles. The Morgan fingerprint density at radius 2 is 1.56 bits per heavy atom. The lowest BCUT2D eigenvalue weighted by atomic mass is 10.2. The van der Waals surface area contributed by atoms with Crippen LogP contribution in [0.3, 0.4) is 0 Å². The summed E-state index contributed by atoms with van der Waals surface area (Å²) in [6.07, 6.45) is 8.04. The van der Waals surface area contributed by atoms with Crippen LogP contribution in [-0.4, -0.2) is 0 Å². The van der Waals surface area contributed by atoms with Crippen molar-refractivity contribution in [2.24, 2.45) is 5.92 Å². The van der Waals surface area contributed by atoms with Crippen molar-refractivity contribution in [3.63, 3.8) is 0 Å². The number of hydrogen-bond acceptors (Lipinski definition) is 0. The lowest BCUT2D eigenvalue weighted by Crippen LogP contribution is -1.75. The van der Waals surface area contributed by atoms with Crippen molar-refractivity contribution in [3.8, 4) is 0 Å². The first-order chi connectivity index (χ1) is 7.68. The quantitative estimate of drug-likeness (QED) is 0.623. The maximum Gasteiger partial charge on any atom is 0.123 e. The molecule has 16 heavy (non-hydrogen) atoms. The van der Waals surface area contributed by atoms with E-state index in [4.69, 9.17) is 0 Å². The van der Waals surface area contributed by atoms with Crippen LogP contribution in [0.1, 0.15) is 33.3 Å². The van der Waals surface area contributed by atoms with E-state index in [0.717, 1.165) is 5.56 Å². The summed E-state index contributed by atoms with van der Waals surface area (Å²) in [7, 11) is 0. The van der Waals surface area contributed by atoms with Gasteiger partial charge in [0, 0.05) is 0 Å². The molecule has 0 aliphatic carbocycles. The van der Waals surface area contributed by atoms with Crippen LogP contribution < -0.4 is 0 Å². The minimum atomic E-state index is -0.195. The summed E-state index contributed by atoms with van der Waals surface area (Å²) in [6.45, 7) is 8.25. The molecule has 0 unspecified atom stereocenters. The number of halogens is 1. The van der Waals surface area contributed by atoms with Crippen LogP contribution in [0.4, 0.5) is 4.39 Å². The Morgan fingerprint density at radius 3 is 2.06 bits per heavy atom. The van der Waals surface area contributed by atoms with E-state index in [9.17, 15) is 4.39 Å². The van der Waals surface area contributed by atoms with Crippen LogP contribution in [0, 0.1) is 11.7 Å². The van der Waals surface area contributed by atoms with Gasteiger partial charge in [-0.3, -0.25) is 0 Å². The number of rotatable bonds is 3. The summed E-state index contributed by atoms with van der Waals surface area (Å²) in [4.78, 5) is 0. The van der Waals surface area contributed by atoms with Gasteiger partial charge in [-0.25, -0.2) is 4.39 Å². The largest absolute Gasteiger partial charge is 0.207 e. The summed E-state index contributed by atoms with van der Waals surface area (Å²) < 4.78 is 12.5. The van der Waals surface area contributed by atoms with E-state index in [1.807, 2.05) is 32.1 Å². The van der Waals surface area contributed by atoms with Gasteiger partial charge >= 0.3 is 0 Å². The van der Waals surface area contributed by atoms with E-state index >= 15 is 0 Å². The van der Waals surface area contributed by atoms with Crippen LogP contribution in [0.15, 0.2) is 42.5 Å². The van der Waals surface area contributed by atoms with Gasteiger partial charge in [0.2, 0.25) is 0 Å². The van der Waals surface area contributed by atoms with Crippen LogP contribution in [0.2, 0.25) is 0 Å². The molecule has 0 radical (unpaired) electrons. The minimum absolute atomic E-state index is 0.195. The molecule has 1 rings (SSSR count). The summed E-state index contributed by atoms with van der Waals surface area (Å²) >= 11 is 0. The first-order valence-electron chi connectivity index (χ1n) is 5.79. The third-order valence-corrected chi connectivity index (χ3v) is 1.77. The average Bonchev–Trinajstić information content (AvgIpc) is 2.29. The fourth-order valence-electron chi connectivity index (χ4n) is 1.03. The van der Waals surface area contributed by atoms with Crippen molar-refractivity contribution in [2.45, 2.75) is 27.7 Å². The topological polar surface area (TPSA) is 0 Å². The van der Waals surface area contributed by atoms with E-state index < -0.39 is 0 Å². The number of benzene rings is 1. The van der Waals surface area contributed by atoms with Gasteiger partial charge in [-0.1, -0.05) is 64.1 Å². The molecule has 0 aliphatic rings. The fourth-order valence-corrected chi connectivity index (χ4v) is 1.03. The maximum absolute atomic E-state index is 12.5. The lowest BCUT2D eigenvalue weighted by Gasteiger charge is -1.92. The molecule has 0 spiro atoms. The minimum Gasteiger partial charge on any atom is -0.207 e. The lowest BCUT2D eigenvalue weighted by molar-refractivity contribution is 0.628. The van der Waals surface area contributed by atoms with Gasteiger partial charge in [0.1, 0.15) is 5.82 Å². The molecule has 1 heteroatoms. The first-order valence-corrected chi connectivity index (χ1v) is 5.79. The summed E-state index contributed by atoms with van der Waals surface area (Å²) in [6, 6.07) is 6.45. The summed E-state index contributed by atoms with van der Waals surface area (Å²) in [5.74, 6) is 0.368. The number of hydrogen-bond donors (Lipinski definition) is 0. The molecular formula is C15H21F. The molecule has 1 aromatic rings. The molecule has 0 amide bonds. The molecular weight excluding hydrogens is 199 g/mol. The second kappa shape index (κ2) is 8.90. The monoisotopic (exact) mass is 220 g/mol. The van der Waals surface area contributed by atoms with E-state index in [-0.39, 0.29) is 5.82 Å². The molecule has 0 N–H and O–H groups in total. The van der Waals surface area contributed by atoms with Crippen molar-refractivity contribution >= 4 is 6.08 Å². The Labute approximate surface area is 98.5 Å².